The number of ether oxygens (including phenoxy) is 3. The van der Waals surface area contributed by atoms with E-state index in [-0.39, 0.29) is 5.91 Å². The number of rotatable bonds is 5. The molecule has 3 N–H and O–H groups in total. The minimum Gasteiger partial charge on any atom is -0.494 e. The summed E-state index contributed by atoms with van der Waals surface area (Å²) >= 11 is 1.33. The largest absolute Gasteiger partial charge is 0.494 e. The Kier molecular flexibility index (Phi) is 4.62. The fraction of sp³-hybridized carbons (Fsp3) is 0.176. The van der Waals surface area contributed by atoms with Crippen molar-refractivity contribution in [3.05, 3.63) is 35.9 Å². The third-order valence-corrected chi connectivity index (χ3v) is 4.43. The molecule has 0 saturated heterocycles. The molecule has 1 amide bonds. The number of amides is 1. The number of benzene rings is 2. The van der Waals surface area contributed by atoms with Crippen molar-refractivity contribution in [2.24, 2.45) is 0 Å². The lowest BCUT2D eigenvalue weighted by Gasteiger charge is -2.11. The van der Waals surface area contributed by atoms with Crippen molar-refractivity contribution in [3.63, 3.8) is 0 Å². The summed E-state index contributed by atoms with van der Waals surface area (Å²) < 4.78 is 16.6. The second-order valence-electron chi connectivity index (χ2n) is 5.10. The molecule has 0 radical (unpaired) electrons. The normalized spacial score (nSPS) is 10.5. The fourth-order valence-corrected chi connectivity index (χ4v) is 3.22. The van der Waals surface area contributed by atoms with E-state index in [1.165, 1.54) is 18.4 Å². The number of carbonyl (C=O) groups is 1. The zero-order chi connectivity index (χ0) is 18.0. The molecule has 8 heteroatoms. The van der Waals surface area contributed by atoms with Crippen LogP contribution in [0.1, 0.15) is 10.4 Å². The summed E-state index contributed by atoms with van der Waals surface area (Å²) in [7, 11) is 4.61. The lowest BCUT2D eigenvalue weighted by molar-refractivity contribution is 0.102. The second kappa shape index (κ2) is 6.86. The maximum atomic E-state index is 12.5. The molecule has 0 fully saturated rings. The predicted molar refractivity (Wildman–Crippen MR) is 98.1 cm³/mol. The van der Waals surface area contributed by atoms with Crippen LogP contribution < -0.4 is 25.3 Å². The SMILES string of the molecule is COc1ccc(C(=O)Nc2cc(OC)c3nc(N)sc3c2)cc1OC. The number of anilines is 2. The Morgan fingerprint density at radius 1 is 1.04 bits per heavy atom. The minimum atomic E-state index is -0.278. The molecule has 0 spiro atoms. The van der Waals surface area contributed by atoms with E-state index in [0.29, 0.717) is 39.1 Å². The molecule has 3 rings (SSSR count). The van der Waals surface area contributed by atoms with Crippen LogP contribution in [0.4, 0.5) is 10.8 Å². The number of hydrogen-bond acceptors (Lipinski definition) is 7. The molecule has 1 heterocycles. The van der Waals surface area contributed by atoms with E-state index in [1.54, 1.807) is 38.5 Å². The first-order valence-corrected chi connectivity index (χ1v) is 8.14. The first-order chi connectivity index (χ1) is 12.0. The number of nitrogens with one attached hydrogen (secondary N) is 1. The number of aromatic nitrogens is 1. The first kappa shape index (κ1) is 16.8. The summed E-state index contributed by atoms with van der Waals surface area (Å²) in [4.78, 5) is 16.8. The highest BCUT2D eigenvalue weighted by Gasteiger charge is 2.14. The Bertz CT molecular complexity index is 939. The van der Waals surface area contributed by atoms with Crippen LogP contribution in [-0.2, 0) is 0 Å². The van der Waals surface area contributed by atoms with Crippen molar-refractivity contribution in [3.8, 4) is 17.2 Å². The quantitative estimate of drug-likeness (QED) is 0.726. The zero-order valence-corrected chi connectivity index (χ0v) is 14.8. The van der Waals surface area contributed by atoms with Crippen molar-refractivity contribution in [2.45, 2.75) is 0 Å². The number of thiazole rings is 1. The highest BCUT2D eigenvalue weighted by atomic mass is 32.1. The molecule has 130 valence electrons. The van der Waals surface area contributed by atoms with Gasteiger partial charge in [-0.05, 0) is 24.3 Å². The van der Waals surface area contributed by atoms with Gasteiger partial charge < -0.3 is 25.3 Å². The molecule has 3 aromatic rings. The monoisotopic (exact) mass is 359 g/mol. The van der Waals surface area contributed by atoms with Gasteiger partial charge >= 0.3 is 0 Å². The zero-order valence-electron chi connectivity index (χ0n) is 14.0. The van der Waals surface area contributed by atoms with Gasteiger partial charge in [-0.3, -0.25) is 4.79 Å². The van der Waals surface area contributed by atoms with Gasteiger partial charge in [0.15, 0.2) is 16.6 Å². The highest BCUT2D eigenvalue weighted by Crippen LogP contribution is 2.34. The van der Waals surface area contributed by atoms with E-state index in [2.05, 4.69) is 10.3 Å². The second-order valence-corrected chi connectivity index (χ2v) is 6.16. The van der Waals surface area contributed by atoms with Crippen LogP contribution in [0.5, 0.6) is 17.2 Å². The summed E-state index contributed by atoms with van der Waals surface area (Å²) in [6.07, 6.45) is 0. The standard InChI is InChI=1S/C17H17N3O4S/c1-22-11-5-4-9(6-12(11)23-2)16(21)19-10-7-13(24-3)15-14(8-10)25-17(18)20-15/h4-8H,1-3H3,(H2,18,20)(H,19,21). The Morgan fingerprint density at radius 2 is 1.76 bits per heavy atom. The molecule has 1 aromatic heterocycles. The molecule has 0 aliphatic heterocycles. The molecule has 7 nitrogen and oxygen atoms in total. The maximum Gasteiger partial charge on any atom is 0.255 e. The summed E-state index contributed by atoms with van der Waals surface area (Å²) in [6, 6.07) is 8.48. The van der Waals surface area contributed by atoms with Gasteiger partial charge in [0.1, 0.15) is 11.3 Å². The van der Waals surface area contributed by atoms with Gasteiger partial charge in [-0.25, -0.2) is 4.98 Å². The van der Waals surface area contributed by atoms with E-state index in [4.69, 9.17) is 19.9 Å². The van der Waals surface area contributed by atoms with Gasteiger partial charge in [0.05, 0.1) is 26.0 Å². The summed E-state index contributed by atoms with van der Waals surface area (Å²) in [5.74, 6) is 1.31. The number of nitrogen functional groups attached to an aromatic ring is 1. The lowest BCUT2D eigenvalue weighted by atomic mass is 10.1. The third kappa shape index (κ3) is 3.29. The van der Waals surface area contributed by atoms with Crippen LogP contribution in [0.2, 0.25) is 0 Å². The number of carbonyl (C=O) groups excluding carboxylic acids is 1. The number of fused-ring (bicyclic) bond motifs is 1. The topological polar surface area (TPSA) is 95.7 Å². The molecule has 25 heavy (non-hydrogen) atoms. The van der Waals surface area contributed by atoms with Gasteiger partial charge in [0.2, 0.25) is 0 Å². The maximum absolute atomic E-state index is 12.5. The predicted octanol–water partition coefficient (Wildman–Crippen LogP) is 3.16. The Hall–Kier alpha value is -3.00. The molecule has 0 bridgehead atoms. The Morgan fingerprint density at radius 3 is 2.44 bits per heavy atom. The number of hydrogen-bond donors (Lipinski definition) is 2. The van der Waals surface area contributed by atoms with Crippen LogP contribution >= 0.6 is 11.3 Å². The van der Waals surface area contributed by atoms with Crippen molar-refractivity contribution in [2.75, 3.05) is 32.4 Å². The van der Waals surface area contributed by atoms with Gasteiger partial charge in [-0.1, -0.05) is 11.3 Å². The Balaban J connectivity index is 1.91. The van der Waals surface area contributed by atoms with E-state index in [0.717, 1.165) is 4.70 Å². The Labute approximate surface area is 148 Å². The molecular formula is C17H17N3O4S. The molecule has 2 aromatic carbocycles. The summed E-state index contributed by atoms with van der Waals surface area (Å²) in [5, 5.41) is 3.29. The summed E-state index contributed by atoms with van der Waals surface area (Å²) in [5.41, 5.74) is 7.47. The van der Waals surface area contributed by atoms with Gasteiger partial charge in [-0.15, -0.1) is 0 Å². The number of methoxy groups -OCH3 is 3. The van der Waals surface area contributed by atoms with Crippen LogP contribution in [0.25, 0.3) is 10.2 Å². The molecular weight excluding hydrogens is 342 g/mol. The fourth-order valence-electron chi connectivity index (χ4n) is 2.42. The minimum absolute atomic E-state index is 0.278. The van der Waals surface area contributed by atoms with Gasteiger partial charge in [-0.2, -0.15) is 0 Å². The molecule has 0 saturated carbocycles. The lowest BCUT2D eigenvalue weighted by Crippen LogP contribution is -2.12. The van der Waals surface area contributed by atoms with E-state index in [1.807, 2.05) is 6.07 Å². The highest BCUT2D eigenvalue weighted by molar-refractivity contribution is 7.22. The molecule has 0 aliphatic rings. The first-order valence-electron chi connectivity index (χ1n) is 7.33. The molecule has 0 aliphatic carbocycles. The van der Waals surface area contributed by atoms with Crippen molar-refractivity contribution in [1.29, 1.82) is 0 Å². The van der Waals surface area contributed by atoms with Crippen LogP contribution in [0.3, 0.4) is 0 Å². The average molecular weight is 359 g/mol. The average Bonchev–Trinajstić information content (AvgIpc) is 3.00. The van der Waals surface area contributed by atoms with Crippen LogP contribution in [-0.4, -0.2) is 32.2 Å². The molecule has 0 atom stereocenters. The van der Waals surface area contributed by atoms with E-state index in [9.17, 15) is 4.79 Å². The molecule has 0 unspecified atom stereocenters. The number of nitrogens with zero attached hydrogens (tertiary/aromatic N) is 1. The number of nitrogens with two attached hydrogens (primary N) is 1. The smallest absolute Gasteiger partial charge is 0.255 e. The van der Waals surface area contributed by atoms with Crippen molar-refractivity contribution in [1.82, 2.24) is 4.98 Å². The van der Waals surface area contributed by atoms with Crippen LogP contribution in [0, 0.1) is 0 Å². The van der Waals surface area contributed by atoms with E-state index < -0.39 is 0 Å². The summed E-state index contributed by atoms with van der Waals surface area (Å²) in [6.45, 7) is 0. The van der Waals surface area contributed by atoms with Gasteiger partial charge in [0, 0.05) is 17.3 Å². The van der Waals surface area contributed by atoms with Crippen molar-refractivity contribution >= 4 is 38.3 Å². The van der Waals surface area contributed by atoms with E-state index >= 15 is 0 Å². The van der Waals surface area contributed by atoms with Crippen LogP contribution in [0.15, 0.2) is 30.3 Å². The van der Waals surface area contributed by atoms with Gasteiger partial charge in [0.25, 0.3) is 5.91 Å². The third-order valence-electron chi connectivity index (χ3n) is 3.60. The van der Waals surface area contributed by atoms with Crippen molar-refractivity contribution < 1.29 is 19.0 Å².